The predicted molar refractivity (Wildman–Crippen MR) is 140 cm³/mol. The molecule has 1 N–H and O–H groups in total. The van der Waals surface area contributed by atoms with Crippen LogP contribution in [0.15, 0.2) is 48.5 Å². The maximum atomic E-state index is 13.1. The van der Waals surface area contributed by atoms with Crippen LogP contribution in [0.25, 0.3) is 11.1 Å². The summed E-state index contributed by atoms with van der Waals surface area (Å²) in [6.07, 6.45) is -6.35. The van der Waals surface area contributed by atoms with Crippen molar-refractivity contribution in [3.05, 3.63) is 59.7 Å². The van der Waals surface area contributed by atoms with Gasteiger partial charge in [0.15, 0.2) is 12.2 Å². The normalized spacial score (nSPS) is 22.9. The molecule has 2 aromatic rings. The standard InChI is InChI=1S/C29H31NO11/c1-15(31)36-14-24-26(38-16(2)32)27(39-17(3)33)25(28(41-24)40-18(4)34)30-29(35)37-13-23-21-11-7-5-9-19(21)20-10-6-8-12-22(20)23/h5-12,23-28H,13-14H2,1-4H3,(H,30,35)/t24-,25-,26+,27-,28+/m1/s1. The van der Waals surface area contributed by atoms with Crippen molar-refractivity contribution in [1.29, 1.82) is 0 Å². The lowest BCUT2D eigenvalue weighted by atomic mass is 9.96. The van der Waals surface area contributed by atoms with E-state index in [1.165, 1.54) is 0 Å². The molecule has 0 aromatic heterocycles. The number of benzene rings is 2. The van der Waals surface area contributed by atoms with E-state index < -0.39 is 67.2 Å². The Balaban J connectivity index is 1.57. The van der Waals surface area contributed by atoms with Gasteiger partial charge in [0, 0.05) is 33.6 Å². The first-order chi connectivity index (χ1) is 19.5. The molecular weight excluding hydrogens is 538 g/mol. The first-order valence-corrected chi connectivity index (χ1v) is 13.0. The number of fused-ring (bicyclic) bond motifs is 3. The van der Waals surface area contributed by atoms with E-state index in [0.717, 1.165) is 49.9 Å². The minimum Gasteiger partial charge on any atom is -0.463 e. The lowest BCUT2D eigenvalue weighted by molar-refractivity contribution is -0.270. The topological polar surface area (TPSA) is 153 Å². The third-order valence-electron chi connectivity index (χ3n) is 6.61. The Morgan fingerprint density at radius 2 is 1.22 bits per heavy atom. The van der Waals surface area contributed by atoms with E-state index in [2.05, 4.69) is 5.32 Å². The van der Waals surface area contributed by atoms with Gasteiger partial charge in [-0.2, -0.15) is 0 Å². The molecule has 41 heavy (non-hydrogen) atoms. The fraction of sp³-hybridized carbons (Fsp3) is 0.414. The molecular formula is C29H31NO11. The second-order valence-corrected chi connectivity index (χ2v) is 9.60. The summed E-state index contributed by atoms with van der Waals surface area (Å²) in [6.45, 7) is 4.09. The van der Waals surface area contributed by atoms with Gasteiger partial charge in [0.05, 0.1) is 0 Å². The zero-order chi connectivity index (χ0) is 29.7. The summed E-state index contributed by atoms with van der Waals surface area (Å²) in [6, 6.07) is 14.3. The van der Waals surface area contributed by atoms with Crippen LogP contribution in [0.5, 0.6) is 0 Å². The second-order valence-electron chi connectivity index (χ2n) is 9.60. The molecule has 1 aliphatic carbocycles. The van der Waals surface area contributed by atoms with Crippen molar-refractivity contribution in [2.45, 2.75) is 64.3 Å². The average molecular weight is 570 g/mol. The Labute approximate surface area is 236 Å². The van der Waals surface area contributed by atoms with Crippen LogP contribution >= 0.6 is 0 Å². The van der Waals surface area contributed by atoms with Gasteiger partial charge < -0.3 is 33.7 Å². The Morgan fingerprint density at radius 1 is 0.683 bits per heavy atom. The number of esters is 4. The zero-order valence-corrected chi connectivity index (χ0v) is 23.0. The van der Waals surface area contributed by atoms with Gasteiger partial charge in [0.2, 0.25) is 6.29 Å². The highest BCUT2D eigenvalue weighted by atomic mass is 16.7. The largest absolute Gasteiger partial charge is 0.463 e. The van der Waals surface area contributed by atoms with E-state index in [1.54, 1.807) is 0 Å². The lowest BCUT2D eigenvalue weighted by Crippen LogP contribution is -2.67. The van der Waals surface area contributed by atoms with Crippen LogP contribution in [0.2, 0.25) is 0 Å². The quantitative estimate of drug-likeness (QED) is 0.369. The van der Waals surface area contributed by atoms with Gasteiger partial charge in [-0.15, -0.1) is 0 Å². The SMILES string of the molecule is CC(=O)OC[C@H]1O[C@H](OC(C)=O)[C@H](NC(=O)OCC2c3ccccc3-c3ccccc32)[C@@H](OC(C)=O)[C@H]1OC(C)=O. The molecule has 218 valence electrons. The molecule has 0 radical (unpaired) electrons. The van der Waals surface area contributed by atoms with Crippen LogP contribution in [-0.4, -0.2) is 73.8 Å². The molecule has 1 fully saturated rings. The van der Waals surface area contributed by atoms with Gasteiger partial charge in [0.1, 0.15) is 25.4 Å². The maximum Gasteiger partial charge on any atom is 0.407 e. The van der Waals surface area contributed by atoms with Gasteiger partial charge in [0.25, 0.3) is 0 Å². The van der Waals surface area contributed by atoms with E-state index in [1.807, 2.05) is 48.5 Å². The van der Waals surface area contributed by atoms with E-state index >= 15 is 0 Å². The molecule has 2 aromatic carbocycles. The summed E-state index contributed by atoms with van der Waals surface area (Å²) < 4.78 is 32.5. The lowest BCUT2D eigenvalue weighted by Gasteiger charge is -2.44. The van der Waals surface area contributed by atoms with Crippen LogP contribution in [0.1, 0.15) is 44.7 Å². The molecule has 1 aliphatic heterocycles. The fourth-order valence-corrected chi connectivity index (χ4v) is 5.10. The van der Waals surface area contributed by atoms with E-state index in [4.69, 9.17) is 28.4 Å². The number of alkyl carbamates (subject to hydrolysis) is 1. The Kier molecular flexibility index (Phi) is 9.23. The summed E-state index contributed by atoms with van der Waals surface area (Å²) in [5, 5.41) is 2.55. The highest BCUT2D eigenvalue weighted by Gasteiger charge is 2.52. The Hall–Kier alpha value is -4.45. The second kappa shape index (κ2) is 12.8. The van der Waals surface area contributed by atoms with Crippen molar-refractivity contribution in [1.82, 2.24) is 5.32 Å². The van der Waals surface area contributed by atoms with Crippen LogP contribution in [0.3, 0.4) is 0 Å². The molecule has 0 unspecified atom stereocenters. The van der Waals surface area contributed by atoms with Crippen molar-refractivity contribution in [3.8, 4) is 11.1 Å². The highest BCUT2D eigenvalue weighted by Crippen LogP contribution is 2.44. The van der Waals surface area contributed by atoms with Gasteiger partial charge >= 0.3 is 30.0 Å². The van der Waals surface area contributed by atoms with E-state index in [-0.39, 0.29) is 12.5 Å². The molecule has 12 heteroatoms. The van der Waals surface area contributed by atoms with Gasteiger partial charge in [-0.25, -0.2) is 4.79 Å². The number of hydrogen-bond acceptors (Lipinski definition) is 11. The summed E-state index contributed by atoms with van der Waals surface area (Å²) in [7, 11) is 0. The third-order valence-corrected chi connectivity index (χ3v) is 6.61. The fourth-order valence-electron chi connectivity index (χ4n) is 5.10. The summed E-state index contributed by atoms with van der Waals surface area (Å²) in [5.41, 5.74) is 4.10. The molecule has 0 saturated carbocycles. The monoisotopic (exact) mass is 569 g/mol. The van der Waals surface area contributed by atoms with Crippen LogP contribution in [0, 0.1) is 0 Å². The number of rotatable bonds is 8. The highest BCUT2D eigenvalue weighted by molar-refractivity contribution is 5.79. The number of amides is 1. The smallest absolute Gasteiger partial charge is 0.407 e. The molecule has 4 rings (SSSR count). The van der Waals surface area contributed by atoms with Gasteiger partial charge in [-0.05, 0) is 22.3 Å². The number of carbonyl (C=O) groups is 5. The number of carbonyl (C=O) groups excluding carboxylic acids is 5. The molecule has 0 bridgehead atoms. The van der Waals surface area contributed by atoms with Crippen molar-refractivity contribution in [2.24, 2.45) is 0 Å². The summed E-state index contributed by atoms with van der Waals surface area (Å²) in [5.74, 6) is -3.18. The minimum atomic E-state index is -1.51. The number of hydrogen-bond donors (Lipinski definition) is 1. The molecule has 0 spiro atoms. The maximum absolute atomic E-state index is 13.1. The summed E-state index contributed by atoms with van der Waals surface area (Å²) in [4.78, 5) is 60.5. The zero-order valence-electron chi connectivity index (χ0n) is 23.0. The van der Waals surface area contributed by atoms with Crippen molar-refractivity contribution in [2.75, 3.05) is 13.2 Å². The molecule has 5 atom stereocenters. The van der Waals surface area contributed by atoms with Gasteiger partial charge in [-0.3, -0.25) is 19.2 Å². The molecule has 2 aliphatic rings. The molecule has 12 nitrogen and oxygen atoms in total. The summed E-state index contributed by atoms with van der Waals surface area (Å²) >= 11 is 0. The van der Waals surface area contributed by atoms with Crippen molar-refractivity contribution < 1.29 is 52.4 Å². The van der Waals surface area contributed by atoms with Crippen LogP contribution < -0.4 is 5.32 Å². The van der Waals surface area contributed by atoms with Crippen molar-refractivity contribution in [3.63, 3.8) is 0 Å². The van der Waals surface area contributed by atoms with E-state index in [9.17, 15) is 24.0 Å². The number of ether oxygens (including phenoxy) is 6. The molecule has 1 amide bonds. The molecule has 1 heterocycles. The average Bonchev–Trinajstić information content (AvgIpc) is 3.22. The van der Waals surface area contributed by atoms with Crippen LogP contribution in [-0.2, 0) is 47.6 Å². The Morgan fingerprint density at radius 3 is 1.76 bits per heavy atom. The third kappa shape index (κ3) is 7.01. The van der Waals surface area contributed by atoms with Crippen molar-refractivity contribution >= 4 is 30.0 Å². The molecule has 1 saturated heterocycles. The van der Waals surface area contributed by atoms with E-state index in [0.29, 0.717) is 0 Å². The minimum absolute atomic E-state index is 0.0215. The van der Waals surface area contributed by atoms with Gasteiger partial charge in [-0.1, -0.05) is 48.5 Å². The predicted octanol–water partition coefficient (Wildman–Crippen LogP) is 2.61. The van der Waals surface area contributed by atoms with Crippen LogP contribution in [0.4, 0.5) is 4.79 Å². The first kappa shape index (κ1) is 29.5. The first-order valence-electron chi connectivity index (χ1n) is 13.0. The number of nitrogens with one attached hydrogen (secondary N) is 1. The Bertz CT molecular complexity index is 1280.